The summed E-state index contributed by atoms with van der Waals surface area (Å²) >= 11 is 0. The SMILES string of the molecule is CCO/C=C/[C@H](O)c1ccc2ccccc2c1. The fraction of sp³-hybridized carbons (Fsp3) is 0.200. The van der Waals surface area contributed by atoms with Gasteiger partial charge in [-0.05, 0) is 35.4 Å². The molecule has 0 unspecified atom stereocenters. The lowest BCUT2D eigenvalue weighted by Gasteiger charge is -2.07. The number of ether oxygens (including phenoxy) is 1. The van der Waals surface area contributed by atoms with Crippen molar-refractivity contribution in [3.63, 3.8) is 0 Å². The zero-order valence-corrected chi connectivity index (χ0v) is 9.84. The van der Waals surface area contributed by atoms with E-state index in [9.17, 15) is 5.11 Å². The molecule has 0 aliphatic carbocycles. The largest absolute Gasteiger partial charge is 0.502 e. The van der Waals surface area contributed by atoms with Gasteiger partial charge in [0.05, 0.1) is 12.9 Å². The van der Waals surface area contributed by atoms with Gasteiger partial charge in [-0.3, -0.25) is 0 Å². The van der Waals surface area contributed by atoms with Gasteiger partial charge >= 0.3 is 0 Å². The second kappa shape index (κ2) is 5.51. The van der Waals surface area contributed by atoms with Gasteiger partial charge in [-0.25, -0.2) is 0 Å². The predicted octanol–water partition coefficient (Wildman–Crippen LogP) is 3.42. The minimum absolute atomic E-state index is 0.612. The zero-order chi connectivity index (χ0) is 12.1. The van der Waals surface area contributed by atoms with Gasteiger partial charge in [-0.2, -0.15) is 0 Å². The maximum Gasteiger partial charge on any atom is 0.100 e. The fourth-order valence-corrected chi connectivity index (χ4v) is 1.73. The van der Waals surface area contributed by atoms with Crippen molar-refractivity contribution in [1.82, 2.24) is 0 Å². The molecule has 0 aliphatic heterocycles. The smallest absolute Gasteiger partial charge is 0.100 e. The molecule has 0 aromatic heterocycles. The van der Waals surface area contributed by atoms with E-state index in [-0.39, 0.29) is 0 Å². The molecular weight excluding hydrogens is 212 g/mol. The Labute approximate surface area is 101 Å². The molecular formula is C15H16O2. The lowest BCUT2D eigenvalue weighted by atomic mass is 10.0. The maximum absolute atomic E-state index is 9.94. The number of benzene rings is 2. The highest BCUT2D eigenvalue weighted by Crippen LogP contribution is 2.21. The first-order chi connectivity index (χ1) is 8.31. The van der Waals surface area contributed by atoms with Crippen LogP contribution >= 0.6 is 0 Å². The average Bonchev–Trinajstić information content (AvgIpc) is 2.38. The van der Waals surface area contributed by atoms with Crippen LogP contribution in [0, 0.1) is 0 Å². The molecule has 1 atom stereocenters. The van der Waals surface area contributed by atoms with Gasteiger partial charge in [-0.15, -0.1) is 0 Å². The van der Waals surface area contributed by atoms with E-state index >= 15 is 0 Å². The minimum atomic E-state index is -0.619. The van der Waals surface area contributed by atoms with Gasteiger partial charge in [-0.1, -0.05) is 36.4 Å². The molecule has 1 N–H and O–H groups in total. The molecule has 0 radical (unpaired) electrons. The first-order valence-electron chi connectivity index (χ1n) is 5.76. The van der Waals surface area contributed by atoms with Gasteiger partial charge in [0.15, 0.2) is 0 Å². The van der Waals surface area contributed by atoms with Crippen molar-refractivity contribution in [3.05, 3.63) is 60.4 Å². The van der Waals surface area contributed by atoms with Crippen LogP contribution in [-0.4, -0.2) is 11.7 Å². The van der Waals surface area contributed by atoms with Gasteiger partial charge < -0.3 is 9.84 Å². The highest BCUT2D eigenvalue weighted by atomic mass is 16.5. The van der Waals surface area contributed by atoms with Crippen LogP contribution in [0.3, 0.4) is 0 Å². The molecule has 0 spiro atoms. The average molecular weight is 228 g/mol. The molecule has 2 aromatic carbocycles. The first kappa shape index (κ1) is 11.7. The van der Waals surface area contributed by atoms with E-state index in [1.54, 1.807) is 12.3 Å². The van der Waals surface area contributed by atoms with E-state index in [0.717, 1.165) is 10.9 Å². The first-order valence-corrected chi connectivity index (χ1v) is 5.76. The predicted molar refractivity (Wildman–Crippen MR) is 69.7 cm³/mol. The molecule has 88 valence electrons. The van der Waals surface area contributed by atoms with E-state index < -0.39 is 6.10 Å². The molecule has 2 rings (SSSR count). The topological polar surface area (TPSA) is 29.5 Å². The fourth-order valence-electron chi connectivity index (χ4n) is 1.73. The van der Waals surface area contributed by atoms with E-state index in [1.165, 1.54) is 5.39 Å². The minimum Gasteiger partial charge on any atom is -0.502 e. The molecule has 2 nitrogen and oxygen atoms in total. The number of aliphatic hydroxyl groups excluding tert-OH is 1. The Kier molecular flexibility index (Phi) is 3.78. The van der Waals surface area contributed by atoms with Crippen molar-refractivity contribution in [2.24, 2.45) is 0 Å². The number of fused-ring (bicyclic) bond motifs is 1. The summed E-state index contributed by atoms with van der Waals surface area (Å²) in [6.07, 6.45) is 2.57. The molecule has 0 amide bonds. The number of hydrogen-bond donors (Lipinski definition) is 1. The van der Waals surface area contributed by atoms with Crippen LogP contribution in [0.25, 0.3) is 10.8 Å². The van der Waals surface area contributed by atoms with Gasteiger partial charge in [0.25, 0.3) is 0 Å². The molecule has 0 heterocycles. The Morgan fingerprint density at radius 1 is 1.18 bits per heavy atom. The summed E-state index contributed by atoms with van der Waals surface area (Å²) in [6.45, 7) is 2.52. The van der Waals surface area contributed by atoms with Crippen LogP contribution in [0.4, 0.5) is 0 Å². The molecule has 0 fully saturated rings. The normalized spacial score (nSPS) is 13.1. The molecule has 2 aromatic rings. The Balaban J connectivity index is 2.23. The quantitative estimate of drug-likeness (QED) is 0.812. The molecule has 0 saturated heterocycles. The summed E-state index contributed by atoms with van der Waals surface area (Å²) in [7, 11) is 0. The van der Waals surface area contributed by atoms with Crippen molar-refractivity contribution in [2.75, 3.05) is 6.61 Å². The third kappa shape index (κ3) is 2.86. The Hall–Kier alpha value is -1.80. The van der Waals surface area contributed by atoms with Gasteiger partial charge in [0, 0.05) is 0 Å². The van der Waals surface area contributed by atoms with Crippen molar-refractivity contribution in [1.29, 1.82) is 0 Å². The van der Waals surface area contributed by atoms with Crippen LogP contribution in [0.15, 0.2) is 54.8 Å². The maximum atomic E-state index is 9.94. The van der Waals surface area contributed by atoms with Crippen molar-refractivity contribution in [2.45, 2.75) is 13.0 Å². The molecule has 17 heavy (non-hydrogen) atoms. The highest BCUT2D eigenvalue weighted by Gasteiger charge is 2.03. The summed E-state index contributed by atoms with van der Waals surface area (Å²) in [5.41, 5.74) is 0.875. The molecule has 0 aliphatic rings. The van der Waals surface area contributed by atoms with Crippen LogP contribution in [-0.2, 0) is 4.74 Å². The van der Waals surface area contributed by atoms with E-state index in [0.29, 0.717) is 6.61 Å². The summed E-state index contributed by atoms with van der Waals surface area (Å²) in [5, 5.41) is 12.3. The Morgan fingerprint density at radius 2 is 1.94 bits per heavy atom. The second-order valence-corrected chi connectivity index (χ2v) is 3.84. The summed E-state index contributed by atoms with van der Waals surface area (Å²) < 4.78 is 5.07. The standard InChI is InChI=1S/C15H16O2/c1-2-17-10-9-15(16)14-8-7-12-5-3-4-6-13(12)11-14/h3-11,15-16H,2H2,1H3/b10-9+/t15-/m0/s1. The Bertz CT molecular complexity index is 517. The number of rotatable bonds is 4. The van der Waals surface area contributed by atoms with E-state index in [2.05, 4.69) is 6.07 Å². The summed E-state index contributed by atoms with van der Waals surface area (Å²) in [5.74, 6) is 0. The van der Waals surface area contributed by atoms with E-state index in [4.69, 9.17) is 4.74 Å². The van der Waals surface area contributed by atoms with Crippen LogP contribution < -0.4 is 0 Å². The van der Waals surface area contributed by atoms with Crippen LogP contribution in [0.2, 0.25) is 0 Å². The van der Waals surface area contributed by atoms with Crippen LogP contribution in [0.5, 0.6) is 0 Å². The molecule has 2 heteroatoms. The third-order valence-electron chi connectivity index (χ3n) is 2.64. The lowest BCUT2D eigenvalue weighted by Crippen LogP contribution is -1.93. The molecule has 0 bridgehead atoms. The van der Waals surface area contributed by atoms with E-state index in [1.807, 2.05) is 43.3 Å². The van der Waals surface area contributed by atoms with Crippen molar-refractivity contribution >= 4 is 10.8 Å². The van der Waals surface area contributed by atoms with Crippen LogP contribution in [0.1, 0.15) is 18.6 Å². The monoisotopic (exact) mass is 228 g/mol. The Morgan fingerprint density at radius 3 is 2.71 bits per heavy atom. The number of hydrogen-bond acceptors (Lipinski definition) is 2. The number of aliphatic hydroxyl groups is 1. The summed E-state index contributed by atoms with van der Waals surface area (Å²) in [4.78, 5) is 0. The van der Waals surface area contributed by atoms with Crippen molar-refractivity contribution < 1.29 is 9.84 Å². The lowest BCUT2D eigenvalue weighted by molar-refractivity contribution is 0.214. The van der Waals surface area contributed by atoms with Crippen molar-refractivity contribution in [3.8, 4) is 0 Å². The molecule has 0 saturated carbocycles. The summed E-state index contributed by atoms with van der Waals surface area (Å²) in [6, 6.07) is 14.0. The highest BCUT2D eigenvalue weighted by molar-refractivity contribution is 5.83. The third-order valence-corrected chi connectivity index (χ3v) is 2.64. The van der Waals surface area contributed by atoms with Gasteiger partial charge in [0.2, 0.25) is 0 Å². The van der Waals surface area contributed by atoms with Gasteiger partial charge in [0.1, 0.15) is 6.10 Å². The second-order valence-electron chi connectivity index (χ2n) is 3.84. The zero-order valence-electron chi connectivity index (χ0n) is 9.84.